The van der Waals surface area contributed by atoms with Crippen LogP contribution in [0.25, 0.3) is 0 Å². The van der Waals surface area contributed by atoms with Crippen LogP contribution >= 0.6 is 0 Å². The molecule has 3 rings (SSSR count). The molecule has 1 aliphatic rings. The largest absolute Gasteiger partial charge is 0.478 e. The molecule has 2 amide bonds. The third-order valence-electron chi connectivity index (χ3n) is 4.25. The predicted octanol–water partition coefficient (Wildman–Crippen LogP) is 2.04. The van der Waals surface area contributed by atoms with Crippen molar-refractivity contribution in [2.75, 3.05) is 26.2 Å². The van der Waals surface area contributed by atoms with Gasteiger partial charge < -0.3 is 19.5 Å². The molecule has 1 N–H and O–H groups in total. The Morgan fingerprint density at radius 3 is 2.42 bits per heavy atom. The first-order valence-corrected chi connectivity index (χ1v) is 8.29. The number of amides is 2. The standard InChI is InChI=1S/C18H19F2N3O3/c1-12(26-16-5-4-13(19)11-14(16)20)17(24)22-7-9-23(10-8-22)18(25)15-3-2-6-21-15/h2-6,11-12,21H,7-10H2,1H3. The molecule has 1 atom stereocenters. The molecule has 0 radical (unpaired) electrons. The number of carbonyl (C=O) groups excluding carboxylic acids is 2. The van der Waals surface area contributed by atoms with Crippen molar-refractivity contribution in [3.05, 3.63) is 53.9 Å². The van der Waals surface area contributed by atoms with E-state index >= 15 is 0 Å². The topological polar surface area (TPSA) is 65.6 Å². The molecule has 1 unspecified atom stereocenters. The summed E-state index contributed by atoms with van der Waals surface area (Å²) in [6, 6.07) is 6.38. The number of benzene rings is 1. The number of halogens is 2. The van der Waals surface area contributed by atoms with E-state index < -0.39 is 17.7 Å². The summed E-state index contributed by atoms with van der Waals surface area (Å²) in [5, 5.41) is 0. The average molecular weight is 363 g/mol. The van der Waals surface area contributed by atoms with Crippen molar-refractivity contribution in [2.24, 2.45) is 0 Å². The van der Waals surface area contributed by atoms with Gasteiger partial charge in [0.15, 0.2) is 17.7 Å². The third kappa shape index (κ3) is 3.84. The second-order valence-electron chi connectivity index (χ2n) is 6.04. The fraction of sp³-hybridized carbons (Fsp3) is 0.333. The van der Waals surface area contributed by atoms with Crippen LogP contribution in [0.4, 0.5) is 8.78 Å². The number of ether oxygens (including phenoxy) is 1. The SMILES string of the molecule is CC(Oc1ccc(F)cc1F)C(=O)N1CCN(C(=O)c2ccc[nH]2)CC1. The highest BCUT2D eigenvalue weighted by atomic mass is 19.1. The second kappa shape index (κ2) is 7.55. The number of carbonyl (C=O) groups is 2. The first-order chi connectivity index (χ1) is 12.5. The van der Waals surface area contributed by atoms with Gasteiger partial charge in [0.1, 0.15) is 11.5 Å². The monoisotopic (exact) mass is 363 g/mol. The normalized spacial score (nSPS) is 15.7. The van der Waals surface area contributed by atoms with Crippen LogP contribution in [0.5, 0.6) is 5.75 Å². The van der Waals surface area contributed by atoms with Crippen molar-refractivity contribution < 1.29 is 23.1 Å². The molecule has 1 fully saturated rings. The Morgan fingerprint density at radius 1 is 1.12 bits per heavy atom. The van der Waals surface area contributed by atoms with Gasteiger partial charge in [-0.25, -0.2) is 8.78 Å². The van der Waals surface area contributed by atoms with Crippen LogP contribution in [0.3, 0.4) is 0 Å². The van der Waals surface area contributed by atoms with Crippen LogP contribution in [0.1, 0.15) is 17.4 Å². The zero-order valence-electron chi connectivity index (χ0n) is 14.2. The summed E-state index contributed by atoms with van der Waals surface area (Å²) in [4.78, 5) is 30.9. The molecule has 1 aromatic carbocycles. The van der Waals surface area contributed by atoms with Crippen LogP contribution in [0, 0.1) is 11.6 Å². The van der Waals surface area contributed by atoms with Gasteiger partial charge in [0, 0.05) is 38.4 Å². The number of rotatable bonds is 4. The first-order valence-electron chi connectivity index (χ1n) is 8.29. The van der Waals surface area contributed by atoms with Crippen molar-refractivity contribution in [1.29, 1.82) is 0 Å². The third-order valence-corrected chi connectivity index (χ3v) is 4.25. The van der Waals surface area contributed by atoms with Crippen LogP contribution in [-0.2, 0) is 4.79 Å². The van der Waals surface area contributed by atoms with Gasteiger partial charge in [0.2, 0.25) is 0 Å². The summed E-state index contributed by atoms with van der Waals surface area (Å²) >= 11 is 0. The molecule has 8 heteroatoms. The maximum atomic E-state index is 13.7. The zero-order chi connectivity index (χ0) is 18.7. The number of aromatic nitrogens is 1. The van der Waals surface area contributed by atoms with E-state index in [2.05, 4.69) is 4.98 Å². The van der Waals surface area contributed by atoms with Gasteiger partial charge in [0.05, 0.1) is 0 Å². The highest BCUT2D eigenvalue weighted by Crippen LogP contribution is 2.20. The average Bonchev–Trinajstić information content (AvgIpc) is 3.17. The van der Waals surface area contributed by atoms with Crippen molar-refractivity contribution in [3.63, 3.8) is 0 Å². The van der Waals surface area contributed by atoms with E-state index in [1.807, 2.05) is 0 Å². The van der Waals surface area contributed by atoms with Crippen LogP contribution in [0.15, 0.2) is 36.5 Å². The fourth-order valence-electron chi connectivity index (χ4n) is 2.83. The molecule has 0 aliphatic carbocycles. The van der Waals surface area contributed by atoms with E-state index in [0.29, 0.717) is 37.9 Å². The number of hydrogen-bond acceptors (Lipinski definition) is 3. The number of nitrogens with one attached hydrogen (secondary N) is 1. The Kier molecular flexibility index (Phi) is 5.20. The van der Waals surface area contributed by atoms with E-state index in [0.717, 1.165) is 12.1 Å². The van der Waals surface area contributed by atoms with Crippen molar-refractivity contribution in [3.8, 4) is 5.75 Å². The first kappa shape index (κ1) is 17.9. The summed E-state index contributed by atoms with van der Waals surface area (Å²) in [5.41, 5.74) is 0.508. The van der Waals surface area contributed by atoms with Gasteiger partial charge in [-0.2, -0.15) is 0 Å². The van der Waals surface area contributed by atoms with Crippen LogP contribution < -0.4 is 4.74 Å². The molecule has 0 saturated carbocycles. The van der Waals surface area contributed by atoms with E-state index in [-0.39, 0.29) is 17.6 Å². The second-order valence-corrected chi connectivity index (χ2v) is 6.04. The molecule has 1 aliphatic heterocycles. The lowest BCUT2D eigenvalue weighted by Crippen LogP contribution is -2.53. The van der Waals surface area contributed by atoms with Crippen LogP contribution in [0.2, 0.25) is 0 Å². The van der Waals surface area contributed by atoms with Gasteiger partial charge in [-0.15, -0.1) is 0 Å². The van der Waals surface area contributed by atoms with Crippen molar-refractivity contribution in [1.82, 2.24) is 14.8 Å². The molecule has 1 aromatic heterocycles. The number of nitrogens with zero attached hydrogens (tertiary/aromatic N) is 2. The van der Waals surface area contributed by atoms with Crippen LogP contribution in [-0.4, -0.2) is 58.9 Å². The quantitative estimate of drug-likeness (QED) is 0.904. The van der Waals surface area contributed by atoms with Gasteiger partial charge >= 0.3 is 0 Å². The lowest BCUT2D eigenvalue weighted by molar-refractivity contribution is -0.139. The smallest absolute Gasteiger partial charge is 0.270 e. The minimum absolute atomic E-state index is 0.111. The molecule has 0 spiro atoms. The lowest BCUT2D eigenvalue weighted by Gasteiger charge is -2.35. The van der Waals surface area contributed by atoms with Gasteiger partial charge in [-0.3, -0.25) is 9.59 Å². The number of aromatic amines is 1. The molecule has 2 aromatic rings. The van der Waals surface area contributed by atoms with E-state index in [4.69, 9.17) is 4.74 Å². The summed E-state index contributed by atoms with van der Waals surface area (Å²) in [7, 11) is 0. The molecule has 1 saturated heterocycles. The number of H-pyrrole nitrogens is 1. The van der Waals surface area contributed by atoms with Crippen molar-refractivity contribution >= 4 is 11.8 Å². The minimum atomic E-state index is -0.916. The predicted molar refractivity (Wildman–Crippen MR) is 89.7 cm³/mol. The van der Waals surface area contributed by atoms with Gasteiger partial charge in [-0.05, 0) is 31.2 Å². The Morgan fingerprint density at radius 2 is 1.81 bits per heavy atom. The molecule has 26 heavy (non-hydrogen) atoms. The number of piperazine rings is 1. The fourth-order valence-corrected chi connectivity index (χ4v) is 2.83. The highest BCUT2D eigenvalue weighted by Gasteiger charge is 2.28. The summed E-state index contributed by atoms with van der Waals surface area (Å²) < 4.78 is 31.9. The minimum Gasteiger partial charge on any atom is -0.478 e. The molecular weight excluding hydrogens is 344 g/mol. The Hall–Kier alpha value is -2.90. The maximum Gasteiger partial charge on any atom is 0.270 e. The molecular formula is C18H19F2N3O3. The zero-order valence-corrected chi connectivity index (χ0v) is 14.2. The maximum absolute atomic E-state index is 13.7. The molecule has 6 nitrogen and oxygen atoms in total. The van der Waals surface area contributed by atoms with Gasteiger partial charge in [-0.1, -0.05) is 0 Å². The lowest BCUT2D eigenvalue weighted by atomic mass is 10.2. The summed E-state index contributed by atoms with van der Waals surface area (Å²) in [6.07, 6.45) is 0.765. The van der Waals surface area contributed by atoms with E-state index in [1.54, 1.807) is 28.1 Å². The van der Waals surface area contributed by atoms with Crippen molar-refractivity contribution in [2.45, 2.75) is 13.0 Å². The molecule has 0 bridgehead atoms. The Bertz CT molecular complexity index is 787. The molecule has 138 valence electrons. The molecule has 2 heterocycles. The summed E-state index contributed by atoms with van der Waals surface area (Å²) in [6.45, 7) is 3.06. The highest BCUT2D eigenvalue weighted by molar-refractivity contribution is 5.92. The van der Waals surface area contributed by atoms with Gasteiger partial charge in [0.25, 0.3) is 11.8 Å². The Labute approximate surface area is 149 Å². The van der Waals surface area contributed by atoms with E-state index in [1.165, 1.54) is 6.92 Å². The number of hydrogen-bond donors (Lipinski definition) is 1. The summed E-state index contributed by atoms with van der Waals surface area (Å²) in [5.74, 6) is -2.16. The van der Waals surface area contributed by atoms with E-state index in [9.17, 15) is 18.4 Å². The Balaban J connectivity index is 1.55.